The fourth-order valence-electron chi connectivity index (χ4n) is 5.21. The predicted octanol–water partition coefficient (Wildman–Crippen LogP) is 10.0. The van der Waals surface area contributed by atoms with Crippen molar-refractivity contribution in [3.05, 3.63) is 75.7 Å². The molecule has 1 heterocycles. The quantitative estimate of drug-likeness (QED) is 0.121. The lowest BCUT2D eigenvalue weighted by Crippen LogP contribution is -2.30. The zero-order valence-electron chi connectivity index (χ0n) is 26.3. The maximum Gasteiger partial charge on any atom is 0.259 e. The Morgan fingerprint density at radius 3 is 2.02 bits per heavy atom. The molecule has 0 unspecified atom stereocenters. The van der Waals surface area contributed by atoms with Crippen LogP contribution in [-0.2, 0) is 12.0 Å². The van der Waals surface area contributed by atoms with Crippen LogP contribution in [0, 0.1) is 6.92 Å². The maximum atomic E-state index is 13.4. The first-order chi connectivity index (χ1) is 19.8. The fourth-order valence-corrected chi connectivity index (χ4v) is 5.84. The third-order valence-electron chi connectivity index (χ3n) is 7.61. The Balaban J connectivity index is 1.49. The van der Waals surface area contributed by atoms with E-state index in [9.17, 15) is 4.79 Å². The summed E-state index contributed by atoms with van der Waals surface area (Å²) in [5.74, 6) is 0.595. The van der Waals surface area contributed by atoms with Gasteiger partial charge in [0.05, 0.1) is 17.0 Å². The second-order valence-electron chi connectivity index (χ2n) is 12.5. The highest BCUT2D eigenvalue weighted by molar-refractivity contribution is 7.09. The molecule has 0 aliphatic rings. The van der Waals surface area contributed by atoms with Crippen LogP contribution in [0.3, 0.4) is 0 Å². The zero-order chi connectivity index (χ0) is 29.5. The molecule has 0 fully saturated rings. The van der Waals surface area contributed by atoms with Crippen LogP contribution in [0.15, 0.2) is 54.2 Å². The molecule has 1 amide bonds. The van der Waals surface area contributed by atoms with Crippen LogP contribution >= 0.6 is 11.3 Å². The van der Waals surface area contributed by atoms with Gasteiger partial charge < -0.3 is 10.1 Å². The highest BCUT2D eigenvalue weighted by Crippen LogP contribution is 2.35. The molecular weight excluding hydrogens is 524 g/mol. The lowest BCUT2D eigenvalue weighted by Gasteiger charge is -2.24. The van der Waals surface area contributed by atoms with Gasteiger partial charge in [0.2, 0.25) is 5.51 Å². The fraction of sp³-hybridized carbons (Fsp3) is 0.556. The number of anilines is 1. The number of nitrogens with zero attached hydrogens (tertiary/aromatic N) is 1. The van der Waals surface area contributed by atoms with Gasteiger partial charge in [0.15, 0.2) is 12.7 Å². The van der Waals surface area contributed by atoms with Gasteiger partial charge in [-0.2, -0.15) is 4.57 Å². The Kier molecular flexibility index (Phi) is 13.9. The van der Waals surface area contributed by atoms with Crippen LogP contribution in [0.5, 0.6) is 5.75 Å². The number of carbonyl (C=O) groups excluding carboxylic acids is 1. The van der Waals surface area contributed by atoms with E-state index < -0.39 is 0 Å². The van der Waals surface area contributed by atoms with Crippen LogP contribution in [0.2, 0.25) is 0 Å². The average Bonchev–Trinajstić information content (AvgIpc) is 3.35. The van der Waals surface area contributed by atoms with Crippen molar-refractivity contribution in [2.45, 2.75) is 124 Å². The van der Waals surface area contributed by atoms with Gasteiger partial charge in [-0.3, -0.25) is 4.79 Å². The molecular formula is C36H53N2O2S+. The first-order valence-electron chi connectivity index (χ1n) is 15.9. The molecule has 0 spiro atoms. The summed E-state index contributed by atoms with van der Waals surface area (Å²) in [5.41, 5.74) is 5.67. The molecule has 1 aromatic heterocycles. The minimum Gasteiger partial charge on any atom is -0.492 e. The van der Waals surface area contributed by atoms with E-state index in [0.29, 0.717) is 12.2 Å². The second-order valence-corrected chi connectivity index (χ2v) is 13.5. The number of aromatic nitrogens is 1. The second kappa shape index (κ2) is 17.3. The van der Waals surface area contributed by atoms with Crippen molar-refractivity contribution in [1.82, 2.24) is 0 Å². The molecule has 0 atom stereocenters. The highest BCUT2D eigenvalue weighted by Gasteiger charge is 2.24. The molecule has 0 aliphatic heterocycles. The van der Waals surface area contributed by atoms with Crippen molar-refractivity contribution in [3.63, 3.8) is 0 Å². The summed E-state index contributed by atoms with van der Waals surface area (Å²) in [4.78, 5) is 14.7. The van der Waals surface area contributed by atoms with Gasteiger partial charge in [0.1, 0.15) is 5.75 Å². The number of benzene rings is 2. The van der Waals surface area contributed by atoms with Gasteiger partial charge in [-0.1, -0.05) is 134 Å². The smallest absolute Gasteiger partial charge is 0.259 e. The highest BCUT2D eigenvalue weighted by atomic mass is 32.1. The van der Waals surface area contributed by atoms with Crippen molar-refractivity contribution in [2.75, 3.05) is 11.9 Å². The number of rotatable bonds is 18. The largest absolute Gasteiger partial charge is 0.492 e. The molecule has 224 valence electrons. The van der Waals surface area contributed by atoms with E-state index >= 15 is 0 Å². The van der Waals surface area contributed by atoms with Crippen molar-refractivity contribution in [3.8, 4) is 5.75 Å². The topological polar surface area (TPSA) is 42.2 Å². The Labute approximate surface area is 253 Å². The van der Waals surface area contributed by atoms with Crippen LogP contribution in [-0.4, -0.2) is 12.5 Å². The van der Waals surface area contributed by atoms with Crippen LogP contribution < -0.4 is 14.6 Å². The number of thiazole rings is 1. The van der Waals surface area contributed by atoms with Crippen molar-refractivity contribution in [1.29, 1.82) is 0 Å². The van der Waals surface area contributed by atoms with E-state index in [1.807, 2.05) is 24.3 Å². The van der Waals surface area contributed by atoms with E-state index in [1.54, 1.807) is 11.3 Å². The molecule has 0 saturated carbocycles. The van der Waals surface area contributed by atoms with Crippen LogP contribution in [0.4, 0.5) is 5.69 Å². The molecule has 0 bridgehead atoms. The Hall–Kier alpha value is -2.66. The minimum absolute atomic E-state index is 0.124. The van der Waals surface area contributed by atoms with E-state index in [0.717, 1.165) is 30.0 Å². The lowest BCUT2D eigenvalue weighted by molar-refractivity contribution is -0.683. The van der Waals surface area contributed by atoms with Gasteiger partial charge in [0.25, 0.3) is 5.91 Å². The monoisotopic (exact) mass is 577 g/mol. The van der Waals surface area contributed by atoms with Crippen LogP contribution in [0.25, 0.3) is 0 Å². The molecule has 3 aromatic rings. The number of unbranched alkanes of at least 4 members (excludes halogenated alkanes) is 11. The SMILES string of the molecule is CCCCCCCCCCCCCCOc1c(C(=O)Nc2ccc(C[n+]3csc(C)c3)cc2)cccc1C(C)(C)C. The molecule has 4 nitrogen and oxygen atoms in total. The molecule has 0 aliphatic carbocycles. The molecule has 5 heteroatoms. The zero-order valence-corrected chi connectivity index (χ0v) is 27.1. The average molecular weight is 578 g/mol. The van der Waals surface area contributed by atoms with E-state index in [2.05, 4.69) is 74.4 Å². The van der Waals surface area contributed by atoms with Crippen molar-refractivity contribution < 1.29 is 14.1 Å². The number of hydrogen-bond acceptors (Lipinski definition) is 3. The number of ether oxygens (including phenoxy) is 1. The van der Waals surface area contributed by atoms with E-state index in [4.69, 9.17) is 4.74 Å². The molecule has 41 heavy (non-hydrogen) atoms. The van der Waals surface area contributed by atoms with Crippen molar-refractivity contribution in [2.24, 2.45) is 0 Å². The first kappa shape index (κ1) is 32.8. The number of hydrogen-bond donors (Lipinski definition) is 1. The summed E-state index contributed by atoms with van der Waals surface area (Å²) in [6, 6.07) is 14.0. The lowest BCUT2D eigenvalue weighted by atomic mass is 9.85. The normalized spacial score (nSPS) is 11.5. The van der Waals surface area contributed by atoms with E-state index in [-0.39, 0.29) is 11.3 Å². The molecule has 2 aromatic carbocycles. The summed E-state index contributed by atoms with van der Waals surface area (Å²) in [6.45, 7) is 12.4. The van der Waals surface area contributed by atoms with Gasteiger partial charge in [0, 0.05) is 16.8 Å². The van der Waals surface area contributed by atoms with Gasteiger partial charge >= 0.3 is 0 Å². The summed E-state index contributed by atoms with van der Waals surface area (Å²) >= 11 is 1.75. The molecule has 0 radical (unpaired) electrons. The Morgan fingerprint density at radius 2 is 1.46 bits per heavy atom. The number of para-hydroxylation sites is 1. The maximum absolute atomic E-state index is 13.4. The third-order valence-corrected chi connectivity index (χ3v) is 8.46. The molecule has 1 N–H and O–H groups in total. The van der Waals surface area contributed by atoms with E-state index in [1.165, 1.54) is 81.1 Å². The van der Waals surface area contributed by atoms with Crippen molar-refractivity contribution >= 4 is 22.9 Å². The minimum atomic E-state index is -0.128. The van der Waals surface area contributed by atoms with Gasteiger partial charge in [-0.25, -0.2) is 0 Å². The number of amides is 1. The summed E-state index contributed by atoms with van der Waals surface area (Å²) in [7, 11) is 0. The van der Waals surface area contributed by atoms with Gasteiger partial charge in [-0.15, -0.1) is 0 Å². The third kappa shape index (κ3) is 11.6. The standard InChI is InChI=1S/C36H52N2O2S/c1-6-7-8-9-10-11-12-13-14-15-16-17-25-40-34-32(19-18-20-33(34)36(3,4)5)35(39)37-31-23-21-30(22-24-31)27-38-26-29(2)41-28-38/h18-24,26,28H,6-17,25,27H2,1-5H3/p+1. The van der Waals surface area contributed by atoms with Crippen LogP contribution in [0.1, 0.15) is 131 Å². The number of carbonyl (C=O) groups is 1. The first-order valence-corrected chi connectivity index (χ1v) is 16.8. The summed E-state index contributed by atoms with van der Waals surface area (Å²) in [5, 5.41) is 3.10. The van der Waals surface area contributed by atoms with Gasteiger partial charge in [-0.05, 0) is 37.0 Å². The Bertz CT molecular complexity index is 1180. The molecule has 0 saturated heterocycles. The summed E-state index contributed by atoms with van der Waals surface area (Å²) < 4.78 is 8.56. The Morgan fingerprint density at radius 1 is 0.854 bits per heavy atom. The summed E-state index contributed by atoms with van der Waals surface area (Å²) in [6.07, 6.45) is 17.9. The number of nitrogens with one attached hydrogen (secondary N) is 1. The molecule has 3 rings (SSSR count). The predicted molar refractivity (Wildman–Crippen MR) is 174 cm³/mol. The number of aryl methyl sites for hydroxylation is 1.